The standard InChI is InChI=1S/C9H20O2Si/c1-6-9(11-8(2)10)7-12(3,4)5/h9H,6-7H2,1-5H3. The van der Waals surface area contributed by atoms with Gasteiger partial charge in [-0.15, -0.1) is 0 Å². The predicted molar refractivity (Wildman–Crippen MR) is 54.0 cm³/mol. The monoisotopic (exact) mass is 188 g/mol. The van der Waals surface area contributed by atoms with Crippen LogP contribution in [0, 0.1) is 0 Å². The van der Waals surface area contributed by atoms with Crippen LogP contribution in [0.2, 0.25) is 25.7 Å². The minimum atomic E-state index is -1.09. The van der Waals surface area contributed by atoms with Crippen molar-refractivity contribution in [2.45, 2.75) is 52.1 Å². The third-order valence-corrected chi connectivity index (χ3v) is 3.31. The zero-order valence-electron chi connectivity index (χ0n) is 8.81. The fraction of sp³-hybridized carbons (Fsp3) is 0.889. The lowest BCUT2D eigenvalue weighted by atomic mass is 10.3. The normalized spacial score (nSPS) is 14.1. The van der Waals surface area contributed by atoms with Crippen LogP contribution in [0.1, 0.15) is 20.3 Å². The second-order valence-corrected chi connectivity index (χ2v) is 9.93. The van der Waals surface area contributed by atoms with Crippen molar-refractivity contribution in [1.29, 1.82) is 0 Å². The molecule has 0 fully saturated rings. The summed E-state index contributed by atoms with van der Waals surface area (Å²) in [6.45, 7) is 10.4. The molecule has 1 unspecified atom stereocenters. The van der Waals surface area contributed by atoms with Crippen LogP contribution < -0.4 is 0 Å². The van der Waals surface area contributed by atoms with E-state index in [9.17, 15) is 4.79 Å². The smallest absolute Gasteiger partial charge is 0.302 e. The van der Waals surface area contributed by atoms with Gasteiger partial charge in [0.05, 0.1) is 6.10 Å². The van der Waals surface area contributed by atoms with Gasteiger partial charge in [-0.25, -0.2) is 0 Å². The van der Waals surface area contributed by atoms with Crippen LogP contribution in [0.4, 0.5) is 0 Å². The first-order valence-corrected chi connectivity index (χ1v) is 8.23. The third kappa shape index (κ3) is 6.40. The number of carbonyl (C=O) groups is 1. The van der Waals surface area contributed by atoms with Gasteiger partial charge in [-0.3, -0.25) is 4.79 Å². The van der Waals surface area contributed by atoms with Gasteiger partial charge in [0, 0.05) is 15.0 Å². The Morgan fingerprint density at radius 3 is 2.17 bits per heavy atom. The lowest BCUT2D eigenvalue weighted by Crippen LogP contribution is -2.29. The molecule has 3 heteroatoms. The predicted octanol–water partition coefficient (Wildman–Crippen LogP) is 2.67. The second kappa shape index (κ2) is 4.65. The quantitative estimate of drug-likeness (QED) is 0.501. The highest BCUT2D eigenvalue weighted by Gasteiger charge is 2.20. The number of rotatable bonds is 4. The van der Waals surface area contributed by atoms with Gasteiger partial charge >= 0.3 is 5.97 Å². The summed E-state index contributed by atoms with van der Waals surface area (Å²) in [7, 11) is -1.09. The van der Waals surface area contributed by atoms with E-state index in [0.717, 1.165) is 12.5 Å². The molecular weight excluding hydrogens is 168 g/mol. The van der Waals surface area contributed by atoms with E-state index in [1.54, 1.807) is 0 Å². The third-order valence-electron chi connectivity index (χ3n) is 1.63. The Balaban J connectivity index is 3.92. The van der Waals surface area contributed by atoms with Crippen LogP contribution in [-0.4, -0.2) is 20.1 Å². The van der Waals surface area contributed by atoms with Crippen molar-refractivity contribution in [3.05, 3.63) is 0 Å². The first kappa shape index (κ1) is 11.7. The number of hydrogen-bond acceptors (Lipinski definition) is 2. The highest BCUT2D eigenvalue weighted by Crippen LogP contribution is 2.16. The summed E-state index contributed by atoms with van der Waals surface area (Å²) >= 11 is 0. The molecule has 0 rings (SSSR count). The minimum absolute atomic E-state index is 0.147. The van der Waals surface area contributed by atoms with Gasteiger partial charge in [-0.05, 0) is 12.5 Å². The van der Waals surface area contributed by atoms with E-state index in [-0.39, 0.29) is 12.1 Å². The highest BCUT2D eigenvalue weighted by molar-refractivity contribution is 6.76. The van der Waals surface area contributed by atoms with Crippen molar-refractivity contribution in [3.8, 4) is 0 Å². The van der Waals surface area contributed by atoms with Gasteiger partial charge < -0.3 is 4.74 Å². The molecule has 0 saturated carbocycles. The average molecular weight is 188 g/mol. The van der Waals surface area contributed by atoms with Gasteiger partial charge in [-0.2, -0.15) is 0 Å². The molecule has 0 saturated heterocycles. The summed E-state index contributed by atoms with van der Waals surface area (Å²) < 4.78 is 5.17. The van der Waals surface area contributed by atoms with Crippen LogP contribution in [-0.2, 0) is 9.53 Å². The fourth-order valence-corrected chi connectivity index (χ4v) is 2.93. The molecule has 1 atom stereocenters. The summed E-state index contributed by atoms with van der Waals surface area (Å²) in [5.41, 5.74) is 0. The molecule has 0 aliphatic carbocycles. The van der Waals surface area contributed by atoms with Gasteiger partial charge in [0.15, 0.2) is 0 Å². The molecule has 12 heavy (non-hydrogen) atoms. The van der Waals surface area contributed by atoms with Crippen LogP contribution in [0.25, 0.3) is 0 Å². The molecule has 0 aliphatic heterocycles. The number of esters is 1. The van der Waals surface area contributed by atoms with E-state index in [2.05, 4.69) is 26.6 Å². The van der Waals surface area contributed by atoms with Gasteiger partial charge in [0.25, 0.3) is 0 Å². The van der Waals surface area contributed by atoms with Crippen molar-refractivity contribution in [2.75, 3.05) is 0 Å². The van der Waals surface area contributed by atoms with Crippen molar-refractivity contribution in [1.82, 2.24) is 0 Å². The van der Waals surface area contributed by atoms with Crippen LogP contribution in [0.5, 0.6) is 0 Å². The lowest BCUT2D eigenvalue weighted by molar-refractivity contribution is -0.145. The van der Waals surface area contributed by atoms with E-state index in [1.165, 1.54) is 6.92 Å². The van der Waals surface area contributed by atoms with Gasteiger partial charge in [0.2, 0.25) is 0 Å². The summed E-state index contributed by atoms with van der Waals surface area (Å²) in [6.07, 6.45) is 1.08. The Bertz CT molecular complexity index is 149. The molecule has 2 nitrogen and oxygen atoms in total. The first-order chi connectivity index (χ1) is 5.35. The van der Waals surface area contributed by atoms with E-state index >= 15 is 0 Å². The second-order valence-electron chi connectivity index (χ2n) is 4.40. The molecule has 0 amide bonds. The van der Waals surface area contributed by atoms with Gasteiger partial charge in [-0.1, -0.05) is 26.6 Å². The maximum atomic E-state index is 10.7. The summed E-state index contributed by atoms with van der Waals surface area (Å²) in [5.74, 6) is -0.153. The fourth-order valence-electron chi connectivity index (χ4n) is 1.19. The summed E-state index contributed by atoms with van der Waals surface area (Å²) in [4.78, 5) is 10.7. The molecule has 0 aromatic carbocycles. The first-order valence-electron chi connectivity index (χ1n) is 4.52. The zero-order valence-corrected chi connectivity index (χ0v) is 9.81. The number of hydrogen-bond donors (Lipinski definition) is 0. The molecule has 0 N–H and O–H groups in total. The Labute approximate surface area is 76.3 Å². The van der Waals surface area contributed by atoms with E-state index < -0.39 is 8.07 Å². The summed E-state index contributed by atoms with van der Waals surface area (Å²) in [6, 6.07) is 1.07. The molecule has 0 radical (unpaired) electrons. The van der Waals surface area contributed by atoms with Crippen LogP contribution >= 0.6 is 0 Å². The van der Waals surface area contributed by atoms with Crippen LogP contribution in [0.3, 0.4) is 0 Å². The van der Waals surface area contributed by atoms with E-state index in [1.807, 2.05) is 0 Å². The Hall–Kier alpha value is -0.313. The minimum Gasteiger partial charge on any atom is -0.463 e. The van der Waals surface area contributed by atoms with Gasteiger partial charge in [0.1, 0.15) is 0 Å². The average Bonchev–Trinajstić information content (AvgIpc) is 1.82. The Morgan fingerprint density at radius 1 is 1.42 bits per heavy atom. The maximum Gasteiger partial charge on any atom is 0.302 e. The topological polar surface area (TPSA) is 26.3 Å². The molecular formula is C9H20O2Si. The highest BCUT2D eigenvalue weighted by atomic mass is 28.3. The summed E-state index contributed by atoms with van der Waals surface area (Å²) in [5, 5.41) is 0. The molecule has 0 bridgehead atoms. The molecule has 0 aliphatic rings. The zero-order chi connectivity index (χ0) is 9.78. The van der Waals surface area contributed by atoms with Crippen LogP contribution in [0.15, 0.2) is 0 Å². The molecule has 0 aromatic rings. The van der Waals surface area contributed by atoms with E-state index in [4.69, 9.17) is 4.74 Å². The molecule has 0 spiro atoms. The molecule has 72 valence electrons. The van der Waals surface area contributed by atoms with Crippen molar-refractivity contribution >= 4 is 14.0 Å². The van der Waals surface area contributed by atoms with Crippen molar-refractivity contribution in [3.63, 3.8) is 0 Å². The number of carbonyl (C=O) groups excluding carboxylic acids is 1. The SMILES string of the molecule is CCC(C[Si](C)(C)C)OC(C)=O. The Morgan fingerprint density at radius 2 is 1.92 bits per heavy atom. The maximum absolute atomic E-state index is 10.7. The largest absolute Gasteiger partial charge is 0.463 e. The lowest BCUT2D eigenvalue weighted by Gasteiger charge is -2.22. The molecule has 0 heterocycles. The van der Waals surface area contributed by atoms with Crippen molar-refractivity contribution < 1.29 is 9.53 Å². The number of ether oxygens (including phenoxy) is 1. The molecule has 0 aromatic heterocycles. The van der Waals surface area contributed by atoms with E-state index in [0.29, 0.717) is 0 Å². The Kier molecular flexibility index (Phi) is 4.53. The van der Waals surface area contributed by atoms with Crippen molar-refractivity contribution in [2.24, 2.45) is 0 Å².